The fraction of sp³-hybridized carbons (Fsp3) is 0.655. The number of nitrogens with one attached hydrogen (secondary N) is 1. The Balaban J connectivity index is 1.44. The molecule has 0 aromatic heterocycles. The van der Waals surface area contributed by atoms with Crippen LogP contribution in [-0.4, -0.2) is 102 Å². The number of morpholine rings is 1. The van der Waals surface area contributed by atoms with Crippen molar-refractivity contribution < 1.29 is 29.0 Å². The predicted molar refractivity (Wildman–Crippen MR) is 146 cm³/mol. The third-order valence-corrected chi connectivity index (χ3v) is 7.78. The molecule has 10 nitrogen and oxygen atoms in total. The molecular weight excluding hydrogens is 500 g/mol. The van der Waals surface area contributed by atoms with Crippen LogP contribution in [-0.2, 0) is 19.1 Å². The van der Waals surface area contributed by atoms with Gasteiger partial charge in [-0.25, -0.2) is 0 Å². The number of ketones is 1. The maximum absolute atomic E-state index is 13.7. The maximum atomic E-state index is 13.7. The average Bonchev–Trinajstić information content (AvgIpc) is 3.48. The lowest BCUT2D eigenvalue weighted by Crippen LogP contribution is -2.53. The fourth-order valence-corrected chi connectivity index (χ4v) is 5.88. The zero-order valence-corrected chi connectivity index (χ0v) is 23.5. The lowest BCUT2D eigenvalue weighted by atomic mass is 10.0. The van der Waals surface area contributed by atoms with Gasteiger partial charge in [0.05, 0.1) is 25.8 Å². The van der Waals surface area contributed by atoms with E-state index < -0.39 is 30.1 Å². The van der Waals surface area contributed by atoms with Gasteiger partial charge in [-0.2, -0.15) is 0 Å². The van der Waals surface area contributed by atoms with Gasteiger partial charge in [0.25, 0.3) is 11.8 Å². The number of carbonyl (C=O) groups is 4. The van der Waals surface area contributed by atoms with Crippen LogP contribution in [0.4, 0.5) is 5.69 Å². The Morgan fingerprint density at radius 2 is 1.59 bits per heavy atom. The molecule has 10 heteroatoms. The summed E-state index contributed by atoms with van der Waals surface area (Å²) < 4.78 is 5.40. The number of aliphatic hydroxyl groups is 1. The van der Waals surface area contributed by atoms with Crippen LogP contribution in [0.15, 0.2) is 24.3 Å². The molecule has 0 saturated carbocycles. The zero-order valence-electron chi connectivity index (χ0n) is 23.5. The molecule has 1 aromatic rings. The Bertz CT molecular complexity index is 1050. The Morgan fingerprint density at radius 3 is 2.21 bits per heavy atom. The van der Waals surface area contributed by atoms with Crippen molar-refractivity contribution in [3.05, 3.63) is 29.8 Å². The molecule has 0 bridgehead atoms. The number of aliphatic hydroxyl groups excluding tert-OH is 1. The molecule has 3 aliphatic rings. The molecule has 0 radical (unpaired) electrons. The van der Waals surface area contributed by atoms with Crippen molar-refractivity contribution in [1.82, 2.24) is 15.1 Å². The lowest BCUT2D eigenvalue weighted by molar-refractivity contribution is -0.142. The van der Waals surface area contributed by atoms with Gasteiger partial charge >= 0.3 is 0 Å². The highest BCUT2D eigenvalue weighted by Gasteiger charge is 2.52. The predicted octanol–water partition coefficient (Wildman–Crippen LogP) is 1.46. The van der Waals surface area contributed by atoms with Crippen molar-refractivity contribution in [2.24, 2.45) is 11.8 Å². The zero-order chi connectivity index (χ0) is 28.3. The van der Waals surface area contributed by atoms with Gasteiger partial charge in [-0.1, -0.05) is 27.7 Å². The van der Waals surface area contributed by atoms with Gasteiger partial charge in [0.15, 0.2) is 5.78 Å². The number of rotatable bonds is 9. The van der Waals surface area contributed by atoms with Crippen molar-refractivity contribution >= 4 is 29.2 Å². The van der Waals surface area contributed by atoms with Gasteiger partial charge in [-0.05, 0) is 55.4 Å². The third-order valence-electron chi connectivity index (χ3n) is 7.78. The Hall–Kier alpha value is -2.98. The standard InChI is InChI=1S/C29H42N4O6/c1-18(2)15-22(30-27(36)20-5-7-21(8-6-20)31-11-13-39-14-12-31)28(37)32-10-9-23-26(32)25(35)17-33(23)29(38)24(34)16-19(3)4/h5-8,18-19,22-24,26,34H,9-17H2,1-4H3,(H,30,36). The monoisotopic (exact) mass is 542 g/mol. The first-order chi connectivity index (χ1) is 18.6. The molecule has 3 fully saturated rings. The maximum Gasteiger partial charge on any atom is 0.252 e. The van der Waals surface area contributed by atoms with Crippen LogP contribution in [0.1, 0.15) is 57.3 Å². The van der Waals surface area contributed by atoms with E-state index in [2.05, 4.69) is 10.2 Å². The molecule has 4 atom stereocenters. The molecule has 2 N–H and O–H groups in total. The second-order valence-electron chi connectivity index (χ2n) is 11.7. The number of fused-ring (bicyclic) bond motifs is 1. The molecule has 39 heavy (non-hydrogen) atoms. The van der Waals surface area contributed by atoms with Crippen LogP contribution < -0.4 is 10.2 Å². The smallest absolute Gasteiger partial charge is 0.252 e. The third kappa shape index (κ3) is 6.61. The van der Waals surface area contributed by atoms with E-state index >= 15 is 0 Å². The molecule has 3 heterocycles. The Kier molecular flexibility index (Phi) is 9.27. The molecule has 0 spiro atoms. The van der Waals surface area contributed by atoms with Crippen molar-refractivity contribution in [3.63, 3.8) is 0 Å². The van der Waals surface area contributed by atoms with Crippen molar-refractivity contribution in [1.29, 1.82) is 0 Å². The largest absolute Gasteiger partial charge is 0.383 e. The summed E-state index contributed by atoms with van der Waals surface area (Å²) in [5.41, 5.74) is 1.48. The quantitative estimate of drug-likeness (QED) is 0.485. The molecule has 3 amide bonds. The van der Waals surface area contributed by atoms with E-state index in [1.807, 2.05) is 39.8 Å². The van der Waals surface area contributed by atoms with E-state index in [9.17, 15) is 24.3 Å². The summed E-state index contributed by atoms with van der Waals surface area (Å²) in [6.07, 6.45) is 0.0466. The van der Waals surface area contributed by atoms with E-state index in [0.29, 0.717) is 44.6 Å². The van der Waals surface area contributed by atoms with E-state index in [4.69, 9.17) is 4.74 Å². The van der Waals surface area contributed by atoms with E-state index in [1.165, 1.54) is 9.80 Å². The molecule has 4 unspecified atom stereocenters. The Labute approximate surface area is 230 Å². The highest BCUT2D eigenvalue weighted by Crippen LogP contribution is 2.31. The molecule has 3 aliphatic heterocycles. The highest BCUT2D eigenvalue weighted by molar-refractivity contribution is 6.01. The van der Waals surface area contributed by atoms with Crippen LogP contribution in [0.5, 0.6) is 0 Å². The number of hydrogen-bond donors (Lipinski definition) is 2. The van der Waals surface area contributed by atoms with Gasteiger partial charge in [0.2, 0.25) is 5.91 Å². The second kappa shape index (κ2) is 12.5. The van der Waals surface area contributed by atoms with E-state index in [1.54, 1.807) is 12.1 Å². The normalized spacial score (nSPS) is 22.8. The highest BCUT2D eigenvalue weighted by atomic mass is 16.5. The summed E-state index contributed by atoms with van der Waals surface area (Å²) in [7, 11) is 0. The summed E-state index contributed by atoms with van der Waals surface area (Å²) in [6, 6.07) is 5.35. The van der Waals surface area contributed by atoms with Crippen LogP contribution in [0, 0.1) is 11.8 Å². The number of likely N-dealkylation sites (tertiary alicyclic amines) is 2. The van der Waals surface area contributed by atoms with Gasteiger partial charge in [-0.15, -0.1) is 0 Å². The number of nitrogens with zero attached hydrogens (tertiary/aromatic N) is 3. The number of benzene rings is 1. The van der Waals surface area contributed by atoms with Gasteiger partial charge < -0.3 is 29.9 Å². The SMILES string of the molecule is CC(C)CC(O)C(=O)N1CC(=O)C2C1CCN2C(=O)C(CC(C)C)NC(=O)c1ccc(N2CCOCC2)cc1. The van der Waals surface area contributed by atoms with Crippen LogP contribution >= 0.6 is 0 Å². The van der Waals surface area contributed by atoms with Crippen LogP contribution in [0.25, 0.3) is 0 Å². The summed E-state index contributed by atoms with van der Waals surface area (Å²) in [5, 5.41) is 13.3. The van der Waals surface area contributed by atoms with Gasteiger partial charge in [-0.3, -0.25) is 19.2 Å². The van der Waals surface area contributed by atoms with E-state index in [-0.39, 0.29) is 36.0 Å². The van der Waals surface area contributed by atoms with Gasteiger partial charge in [0.1, 0.15) is 18.2 Å². The van der Waals surface area contributed by atoms with E-state index in [0.717, 1.165) is 18.8 Å². The first-order valence-corrected chi connectivity index (χ1v) is 14.1. The minimum atomic E-state index is -1.16. The number of ether oxygens (including phenoxy) is 1. The summed E-state index contributed by atoms with van der Waals surface area (Å²) in [6.45, 7) is 11.0. The summed E-state index contributed by atoms with van der Waals surface area (Å²) in [5.74, 6) is -1.04. The number of carbonyl (C=O) groups excluding carboxylic acids is 4. The molecule has 4 rings (SSSR count). The molecule has 3 saturated heterocycles. The topological polar surface area (TPSA) is 119 Å². The number of amides is 3. The minimum absolute atomic E-state index is 0.107. The Morgan fingerprint density at radius 1 is 0.949 bits per heavy atom. The first kappa shape index (κ1) is 29.0. The van der Waals surface area contributed by atoms with Crippen molar-refractivity contribution in [2.75, 3.05) is 44.3 Å². The molecule has 1 aromatic carbocycles. The molecule has 0 aliphatic carbocycles. The second-order valence-corrected chi connectivity index (χ2v) is 11.7. The first-order valence-electron chi connectivity index (χ1n) is 14.1. The minimum Gasteiger partial charge on any atom is -0.383 e. The summed E-state index contributed by atoms with van der Waals surface area (Å²) in [4.78, 5) is 58.0. The van der Waals surface area contributed by atoms with Crippen LogP contribution in [0.2, 0.25) is 0 Å². The lowest BCUT2D eigenvalue weighted by Gasteiger charge is -2.30. The van der Waals surface area contributed by atoms with Crippen molar-refractivity contribution in [3.8, 4) is 0 Å². The summed E-state index contributed by atoms with van der Waals surface area (Å²) >= 11 is 0. The average molecular weight is 543 g/mol. The van der Waals surface area contributed by atoms with Gasteiger partial charge in [0, 0.05) is 30.9 Å². The molecule has 214 valence electrons. The van der Waals surface area contributed by atoms with Crippen molar-refractivity contribution in [2.45, 2.75) is 71.2 Å². The number of Topliss-reactive ketones (excluding diaryl/α,β-unsaturated/α-hetero) is 1. The number of hydrogen-bond acceptors (Lipinski definition) is 7. The fourth-order valence-electron chi connectivity index (χ4n) is 5.88. The molecular formula is C29H42N4O6. The van der Waals surface area contributed by atoms with Crippen LogP contribution in [0.3, 0.4) is 0 Å². The number of anilines is 1.